The number of para-hydroxylation sites is 1. The van der Waals surface area contributed by atoms with Crippen LogP contribution in [0.1, 0.15) is 16.1 Å². The SMILES string of the molecule is COC(=O)OC/C=C/c1ccccc1NC(=O)c1ccco1. The number of amides is 1. The first-order valence-corrected chi connectivity index (χ1v) is 6.52. The van der Waals surface area contributed by atoms with Gasteiger partial charge >= 0.3 is 6.16 Å². The molecular weight excluding hydrogens is 286 g/mol. The van der Waals surface area contributed by atoms with Gasteiger partial charge in [-0.15, -0.1) is 0 Å². The molecule has 0 aliphatic rings. The van der Waals surface area contributed by atoms with E-state index in [4.69, 9.17) is 9.15 Å². The number of ether oxygens (including phenoxy) is 2. The third-order valence-electron chi connectivity index (χ3n) is 2.72. The summed E-state index contributed by atoms with van der Waals surface area (Å²) in [5.74, 6) is -0.107. The molecule has 1 aromatic heterocycles. The summed E-state index contributed by atoms with van der Waals surface area (Å²) in [6.07, 6.45) is 4.07. The minimum atomic E-state index is -0.746. The van der Waals surface area contributed by atoms with Crippen LogP contribution in [0.2, 0.25) is 0 Å². The average Bonchev–Trinajstić information content (AvgIpc) is 3.07. The number of hydrogen-bond donors (Lipinski definition) is 1. The Balaban J connectivity index is 2.02. The monoisotopic (exact) mass is 301 g/mol. The number of benzene rings is 1. The Labute approximate surface area is 127 Å². The quantitative estimate of drug-likeness (QED) is 0.857. The molecule has 0 atom stereocenters. The Bertz CT molecular complexity index is 661. The van der Waals surface area contributed by atoms with Crippen molar-refractivity contribution >= 4 is 23.8 Å². The van der Waals surface area contributed by atoms with Crippen molar-refractivity contribution in [2.45, 2.75) is 0 Å². The van der Waals surface area contributed by atoms with Crippen molar-refractivity contribution in [1.82, 2.24) is 0 Å². The maximum atomic E-state index is 12.0. The fourth-order valence-corrected chi connectivity index (χ4v) is 1.70. The van der Waals surface area contributed by atoms with Crippen LogP contribution >= 0.6 is 0 Å². The molecule has 22 heavy (non-hydrogen) atoms. The van der Waals surface area contributed by atoms with Crippen LogP contribution in [0.3, 0.4) is 0 Å². The first-order chi connectivity index (χ1) is 10.7. The van der Waals surface area contributed by atoms with Crippen LogP contribution in [0.15, 0.2) is 53.2 Å². The molecule has 2 aromatic rings. The lowest BCUT2D eigenvalue weighted by atomic mass is 10.1. The summed E-state index contributed by atoms with van der Waals surface area (Å²) in [6.45, 7) is 0.0765. The number of carbonyl (C=O) groups is 2. The van der Waals surface area contributed by atoms with E-state index in [0.717, 1.165) is 5.56 Å². The number of anilines is 1. The first-order valence-electron chi connectivity index (χ1n) is 6.52. The third-order valence-corrected chi connectivity index (χ3v) is 2.72. The van der Waals surface area contributed by atoms with Gasteiger partial charge in [-0.3, -0.25) is 4.79 Å². The molecule has 1 amide bonds. The summed E-state index contributed by atoms with van der Waals surface area (Å²) < 4.78 is 14.1. The number of hydrogen-bond acceptors (Lipinski definition) is 5. The van der Waals surface area contributed by atoms with Gasteiger partial charge in [0.15, 0.2) is 5.76 Å². The maximum Gasteiger partial charge on any atom is 0.508 e. The Morgan fingerprint density at radius 1 is 1.23 bits per heavy atom. The second-order valence-electron chi connectivity index (χ2n) is 4.19. The van der Waals surface area contributed by atoms with E-state index in [-0.39, 0.29) is 18.3 Å². The molecular formula is C16H15NO5. The Morgan fingerprint density at radius 2 is 2.05 bits per heavy atom. The van der Waals surface area contributed by atoms with Crippen molar-refractivity contribution in [3.8, 4) is 0 Å². The van der Waals surface area contributed by atoms with E-state index in [0.29, 0.717) is 5.69 Å². The van der Waals surface area contributed by atoms with Gasteiger partial charge in [-0.05, 0) is 29.8 Å². The largest absolute Gasteiger partial charge is 0.508 e. The zero-order valence-electron chi connectivity index (χ0n) is 11.9. The van der Waals surface area contributed by atoms with Crippen molar-refractivity contribution in [3.63, 3.8) is 0 Å². The predicted octanol–water partition coefficient (Wildman–Crippen LogP) is 3.33. The summed E-state index contributed by atoms with van der Waals surface area (Å²) in [5.41, 5.74) is 1.40. The highest BCUT2D eigenvalue weighted by Crippen LogP contribution is 2.18. The van der Waals surface area contributed by atoms with Gasteiger partial charge in [0.2, 0.25) is 0 Å². The zero-order valence-corrected chi connectivity index (χ0v) is 11.9. The molecule has 0 bridgehead atoms. The van der Waals surface area contributed by atoms with Crippen molar-refractivity contribution in [2.75, 3.05) is 19.0 Å². The van der Waals surface area contributed by atoms with E-state index in [9.17, 15) is 9.59 Å². The van der Waals surface area contributed by atoms with Gasteiger partial charge in [0.25, 0.3) is 5.91 Å². The summed E-state index contributed by atoms with van der Waals surface area (Å²) in [6, 6.07) is 10.5. The smallest absolute Gasteiger partial charge is 0.459 e. The molecule has 6 nitrogen and oxygen atoms in total. The summed E-state index contributed by atoms with van der Waals surface area (Å²) in [4.78, 5) is 22.8. The molecule has 0 saturated carbocycles. The van der Waals surface area contributed by atoms with Crippen LogP contribution in [-0.2, 0) is 9.47 Å². The number of carbonyl (C=O) groups excluding carboxylic acids is 2. The van der Waals surface area contributed by atoms with Gasteiger partial charge in [0, 0.05) is 5.69 Å². The van der Waals surface area contributed by atoms with Gasteiger partial charge in [-0.1, -0.05) is 24.3 Å². The van der Waals surface area contributed by atoms with Crippen LogP contribution < -0.4 is 5.32 Å². The standard InChI is InChI=1S/C16H15NO5/c1-20-16(19)22-11-4-7-12-6-2-3-8-13(12)17-15(18)14-9-5-10-21-14/h2-10H,11H2,1H3,(H,17,18)/b7-4+. The highest BCUT2D eigenvalue weighted by atomic mass is 16.7. The molecule has 2 rings (SSSR count). The molecule has 1 heterocycles. The lowest BCUT2D eigenvalue weighted by Gasteiger charge is -2.07. The normalized spacial score (nSPS) is 10.4. The van der Waals surface area contributed by atoms with Crippen molar-refractivity contribution in [1.29, 1.82) is 0 Å². The fourth-order valence-electron chi connectivity index (χ4n) is 1.70. The second kappa shape index (κ2) is 7.68. The Hall–Kier alpha value is -3.02. The minimum Gasteiger partial charge on any atom is -0.459 e. The van der Waals surface area contributed by atoms with Crippen molar-refractivity contribution in [3.05, 3.63) is 60.1 Å². The minimum absolute atomic E-state index is 0.0765. The number of rotatable bonds is 5. The molecule has 0 radical (unpaired) electrons. The van der Waals surface area contributed by atoms with Crippen LogP contribution in [-0.4, -0.2) is 25.8 Å². The highest BCUT2D eigenvalue weighted by Gasteiger charge is 2.10. The molecule has 1 aromatic carbocycles. The van der Waals surface area contributed by atoms with Crippen molar-refractivity contribution in [2.24, 2.45) is 0 Å². The van der Waals surface area contributed by atoms with E-state index in [1.54, 1.807) is 36.4 Å². The van der Waals surface area contributed by atoms with Crippen LogP contribution in [0.25, 0.3) is 6.08 Å². The van der Waals surface area contributed by atoms with Crippen molar-refractivity contribution < 1.29 is 23.5 Å². The molecule has 6 heteroatoms. The maximum absolute atomic E-state index is 12.0. The van der Waals surface area contributed by atoms with E-state index < -0.39 is 6.16 Å². The molecule has 0 fully saturated rings. The fraction of sp³-hybridized carbons (Fsp3) is 0.125. The molecule has 0 saturated heterocycles. The first kappa shape index (κ1) is 15.4. The lowest BCUT2D eigenvalue weighted by molar-refractivity contribution is 0.0819. The second-order valence-corrected chi connectivity index (χ2v) is 4.19. The molecule has 0 aliphatic heterocycles. The summed E-state index contributed by atoms with van der Waals surface area (Å²) in [7, 11) is 1.24. The summed E-state index contributed by atoms with van der Waals surface area (Å²) >= 11 is 0. The highest BCUT2D eigenvalue weighted by molar-refractivity contribution is 6.03. The molecule has 0 unspecified atom stereocenters. The summed E-state index contributed by atoms with van der Waals surface area (Å²) in [5, 5.41) is 2.76. The van der Waals surface area contributed by atoms with Crippen LogP contribution in [0, 0.1) is 0 Å². The van der Waals surface area contributed by atoms with E-state index >= 15 is 0 Å². The Morgan fingerprint density at radius 3 is 2.77 bits per heavy atom. The van der Waals surface area contributed by atoms with Gasteiger partial charge in [0.05, 0.1) is 13.4 Å². The average molecular weight is 301 g/mol. The lowest BCUT2D eigenvalue weighted by Crippen LogP contribution is -2.11. The number of furan rings is 1. The number of nitrogens with one attached hydrogen (secondary N) is 1. The third kappa shape index (κ3) is 4.24. The van der Waals surface area contributed by atoms with Gasteiger partial charge in [0.1, 0.15) is 6.61 Å². The van der Waals surface area contributed by atoms with Crippen LogP contribution in [0.4, 0.5) is 10.5 Å². The molecule has 0 spiro atoms. The zero-order chi connectivity index (χ0) is 15.8. The Kier molecular flexibility index (Phi) is 5.37. The van der Waals surface area contributed by atoms with Gasteiger partial charge in [-0.25, -0.2) is 4.79 Å². The van der Waals surface area contributed by atoms with E-state index in [1.807, 2.05) is 12.1 Å². The molecule has 1 N–H and O–H groups in total. The molecule has 0 aliphatic carbocycles. The molecule has 114 valence electrons. The van der Waals surface area contributed by atoms with Crippen LogP contribution in [0.5, 0.6) is 0 Å². The van der Waals surface area contributed by atoms with Gasteiger partial charge < -0.3 is 19.2 Å². The van der Waals surface area contributed by atoms with E-state index in [2.05, 4.69) is 10.1 Å². The predicted molar refractivity (Wildman–Crippen MR) is 80.5 cm³/mol. The van der Waals surface area contributed by atoms with E-state index in [1.165, 1.54) is 13.4 Å². The topological polar surface area (TPSA) is 77.8 Å². The van der Waals surface area contributed by atoms with Gasteiger partial charge in [-0.2, -0.15) is 0 Å². The number of methoxy groups -OCH3 is 1.